The molecule has 5 nitrogen and oxygen atoms in total. The summed E-state index contributed by atoms with van der Waals surface area (Å²) in [5, 5.41) is 10.8. The standard InChI is InChI=1S/C18H17Cl2NO4/c19-13-7-4-8-15(17(13)20)25-16-10-21(9-14(16)22)18(23)24-11-12-5-2-1-3-6-12/h1-8,14,16,22H,9-11H2/t14-,16-/m1/s1. The number of amides is 1. The fourth-order valence-corrected chi connectivity index (χ4v) is 2.91. The van der Waals surface area contributed by atoms with Crippen molar-refractivity contribution < 1.29 is 19.4 Å². The van der Waals surface area contributed by atoms with Crippen molar-refractivity contribution in [1.82, 2.24) is 4.90 Å². The molecule has 0 aliphatic carbocycles. The van der Waals surface area contributed by atoms with E-state index in [1.165, 1.54) is 4.90 Å². The molecule has 3 rings (SSSR count). The molecule has 1 heterocycles. The van der Waals surface area contributed by atoms with Gasteiger partial charge in [-0.25, -0.2) is 4.79 Å². The topological polar surface area (TPSA) is 59.0 Å². The normalized spacial score (nSPS) is 19.7. The summed E-state index contributed by atoms with van der Waals surface area (Å²) in [6.07, 6.45) is -1.93. The average molecular weight is 382 g/mol. The molecular formula is C18H17Cl2NO4. The third-order valence-electron chi connectivity index (χ3n) is 3.89. The number of carbonyl (C=O) groups excluding carboxylic acids is 1. The van der Waals surface area contributed by atoms with Crippen LogP contribution in [0, 0.1) is 0 Å². The highest BCUT2D eigenvalue weighted by Gasteiger charge is 2.36. The maximum atomic E-state index is 12.2. The fraction of sp³-hybridized carbons (Fsp3) is 0.278. The monoisotopic (exact) mass is 381 g/mol. The summed E-state index contributed by atoms with van der Waals surface area (Å²) < 4.78 is 11.0. The Morgan fingerprint density at radius 2 is 1.88 bits per heavy atom. The fourth-order valence-electron chi connectivity index (χ4n) is 2.57. The zero-order chi connectivity index (χ0) is 17.8. The number of halogens is 2. The second kappa shape index (κ2) is 7.95. The molecule has 1 aliphatic heterocycles. The first-order chi connectivity index (χ1) is 12.0. The largest absolute Gasteiger partial charge is 0.484 e. The SMILES string of the molecule is O=C(OCc1ccccc1)N1C[C@@H](O)[C@H](Oc2cccc(Cl)c2Cl)C1. The van der Waals surface area contributed by atoms with E-state index in [2.05, 4.69) is 0 Å². The quantitative estimate of drug-likeness (QED) is 0.875. The van der Waals surface area contributed by atoms with E-state index >= 15 is 0 Å². The van der Waals surface area contributed by atoms with Gasteiger partial charge in [0.05, 0.1) is 18.1 Å². The van der Waals surface area contributed by atoms with Gasteiger partial charge < -0.3 is 19.5 Å². The van der Waals surface area contributed by atoms with Crippen LogP contribution in [0.4, 0.5) is 4.79 Å². The molecule has 132 valence electrons. The highest BCUT2D eigenvalue weighted by molar-refractivity contribution is 6.42. The Morgan fingerprint density at radius 3 is 2.64 bits per heavy atom. The van der Waals surface area contributed by atoms with Crippen LogP contribution in [0.5, 0.6) is 5.75 Å². The lowest BCUT2D eigenvalue weighted by Crippen LogP contribution is -2.31. The van der Waals surface area contributed by atoms with Gasteiger partial charge in [-0.05, 0) is 17.7 Å². The molecule has 1 saturated heterocycles. The summed E-state index contributed by atoms with van der Waals surface area (Å²) in [4.78, 5) is 13.6. The number of aliphatic hydroxyl groups is 1. The Kier molecular flexibility index (Phi) is 5.68. The Hall–Kier alpha value is -1.95. The van der Waals surface area contributed by atoms with Crippen LogP contribution >= 0.6 is 23.2 Å². The minimum Gasteiger partial charge on any atom is -0.484 e. The lowest BCUT2D eigenvalue weighted by molar-refractivity contribution is 0.0736. The number of hydrogen-bond acceptors (Lipinski definition) is 4. The first-order valence-corrected chi connectivity index (χ1v) is 8.54. The van der Waals surface area contributed by atoms with Gasteiger partial charge in [-0.2, -0.15) is 0 Å². The van der Waals surface area contributed by atoms with Crippen LogP contribution in [-0.2, 0) is 11.3 Å². The summed E-state index contributed by atoms with van der Waals surface area (Å²) >= 11 is 12.0. The van der Waals surface area contributed by atoms with Crippen LogP contribution in [0.25, 0.3) is 0 Å². The van der Waals surface area contributed by atoms with Crippen molar-refractivity contribution in [3.8, 4) is 5.75 Å². The summed E-state index contributed by atoms with van der Waals surface area (Å²) in [6, 6.07) is 14.4. The van der Waals surface area contributed by atoms with E-state index in [9.17, 15) is 9.90 Å². The number of hydrogen-bond donors (Lipinski definition) is 1. The van der Waals surface area contributed by atoms with E-state index in [-0.39, 0.29) is 24.7 Å². The third-order valence-corrected chi connectivity index (χ3v) is 4.70. The van der Waals surface area contributed by atoms with Crippen molar-refractivity contribution in [1.29, 1.82) is 0 Å². The average Bonchev–Trinajstić information content (AvgIpc) is 2.98. The van der Waals surface area contributed by atoms with Crippen molar-refractivity contribution in [2.75, 3.05) is 13.1 Å². The number of rotatable bonds is 4. The van der Waals surface area contributed by atoms with Crippen molar-refractivity contribution in [2.45, 2.75) is 18.8 Å². The smallest absolute Gasteiger partial charge is 0.410 e. The van der Waals surface area contributed by atoms with Gasteiger partial charge in [0.1, 0.15) is 29.6 Å². The van der Waals surface area contributed by atoms with Crippen molar-refractivity contribution in [2.24, 2.45) is 0 Å². The molecule has 1 N–H and O–H groups in total. The number of aliphatic hydroxyl groups excluding tert-OH is 1. The summed E-state index contributed by atoms with van der Waals surface area (Å²) in [7, 11) is 0. The molecular weight excluding hydrogens is 365 g/mol. The van der Waals surface area contributed by atoms with E-state index in [1.807, 2.05) is 30.3 Å². The summed E-state index contributed by atoms with van der Waals surface area (Å²) in [5.41, 5.74) is 0.897. The van der Waals surface area contributed by atoms with Gasteiger partial charge in [0.25, 0.3) is 0 Å². The Balaban J connectivity index is 1.57. The Bertz CT molecular complexity index is 741. The first kappa shape index (κ1) is 17.9. The molecule has 7 heteroatoms. The van der Waals surface area contributed by atoms with E-state index < -0.39 is 18.3 Å². The highest BCUT2D eigenvalue weighted by Crippen LogP contribution is 2.33. The number of benzene rings is 2. The molecule has 0 spiro atoms. The zero-order valence-corrected chi connectivity index (χ0v) is 14.8. The molecule has 2 atom stereocenters. The third kappa shape index (κ3) is 4.37. The van der Waals surface area contributed by atoms with Crippen LogP contribution in [0.1, 0.15) is 5.56 Å². The van der Waals surface area contributed by atoms with Gasteiger partial charge in [-0.3, -0.25) is 0 Å². The number of likely N-dealkylation sites (tertiary alicyclic amines) is 1. The van der Waals surface area contributed by atoms with E-state index in [1.54, 1.807) is 18.2 Å². The van der Waals surface area contributed by atoms with Gasteiger partial charge >= 0.3 is 6.09 Å². The molecule has 0 bridgehead atoms. The van der Waals surface area contributed by atoms with Gasteiger partial charge in [-0.15, -0.1) is 0 Å². The predicted octanol–water partition coefficient (Wildman–Crippen LogP) is 3.75. The van der Waals surface area contributed by atoms with E-state index in [4.69, 9.17) is 32.7 Å². The molecule has 0 aromatic heterocycles. The number of carbonyl (C=O) groups is 1. The van der Waals surface area contributed by atoms with Crippen molar-refractivity contribution in [3.05, 3.63) is 64.1 Å². The lowest BCUT2D eigenvalue weighted by Gasteiger charge is -2.18. The van der Waals surface area contributed by atoms with Gasteiger partial charge in [-0.1, -0.05) is 59.6 Å². The summed E-state index contributed by atoms with van der Waals surface area (Å²) in [6.45, 7) is 0.520. The van der Waals surface area contributed by atoms with Crippen LogP contribution in [0.15, 0.2) is 48.5 Å². The Labute approximate surface area is 155 Å². The molecule has 0 unspecified atom stereocenters. The maximum Gasteiger partial charge on any atom is 0.410 e. The molecule has 1 aliphatic rings. The highest BCUT2D eigenvalue weighted by atomic mass is 35.5. The molecule has 1 amide bonds. The molecule has 2 aromatic carbocycles. The number of nitrogens with zero attached hydrogens (tertiary/aromatic N) is 1. The number of β-amino-alcohol motifs (C(OH)–C–C–N with tert-alkyl or cyclic N) is 1. The summed E-state index contributed by atoms with van der Waals surface area (Å²) in [5.74, 6) is 0.373. The zero-order valence-electron chi connectivity index (χ0n) is 13.3. The minimum absolute atomic E-state index is 0.135. The van der Waals surface area contributed by atoms with Crippen LogP contribution in [0.3, 0.4) is 0 Å². The molecule has 0 saturated carbocycles. The molecule has 1 fully saturated rings. The van der Waals surface area contributed by atoms with E-state index in [0.717, 1.165) is 5.56 Å². The first-order valence-electron chi connectivity index (χ1n) is 7.79. The van der Waals surface area contributed by atoms with Crippen LogP contribution in [0.2, 0.25) is 10.0 Å². The van der Waals surface area contributed by atoms with E-state index in [0.29, 0.717) is 10.8 Å². The molecule has 25 heavy (non-hydrogen) atoms. The van der Waals surface area contributed by atoms with Gasteiger partial charge in [0.15, 0.2) is 0 Å². The predicted molar refractivity (Wildman–Crippen MR) is 95.1 cm³/mol. The number of ether oxygens (including phenoxy) is 2. The van der Waals surface area contributed by atoms with Crippen molar-refractivity contribution >= 4 is 29.3 Å². The van der Waals surface area contributed by atoms with Gasteiger partial charge in [0.2, 0.25) is 0 Å². The maximum absolute atomic E-state index is 12.2. The van der Waals surface area contributed by atoms with Crippen LogP contribution < -0.4 is 4.74 Å². The van der Waals surface area contributed by atoms with Gasteiger partial charge in [0, 0.05) is 0 Å². The van der Waals surface area contributed by atoms with Crippen LogP contribution in [-0.4, -0.2) is 41.4 Å². The molecule has 0 radical (unpaired) electrons. The minimum atomic E-state index is -0.834. The van der Waals surface area contributed by atoms with Crippen molar-refractivity contribution in [3.63, 3.8) is 0 Å². The molecule has 2 aromatic rings. The Morgan fingerprint density at radius 1 is 1.12 bits per heavy atom. The lowest BCUT2D eigenvalue weighted by atomic mass is 10.2. The second-order valence-corrected chi connectivity index (χ2v) is 6.51. The second-order valence-electron chi connectivity index (χ2n) is 5.72.